The largest absolute Gasteiger partial charge is 0.381 e. The van der Waals surface area contributed by atoms with Crippen molar-refractivity contribution < 1.29 is 4.74 Å². The summed E-state index contributed by atoms with van der Waals surface area (Å²) in [5, 5.41) is 0. The van der Waals surface area contributed by atoms with E-state index in [2.05, 4.69) is 28.2 Å². The van der Waals surface area contributed by atoms with Crippen molar-refractivity contribution in [3.63, 3.8) is 0 Å². The first-order chi connectivity index (χ1) is 10.8. The van der Waals surface area contributed by atoms with E-state index in [0.717, 1.165) is 37.7 Å². The van der Waals surface area contributed by atoms with Gasteiger partial charge in [-0.25, -0.2) is 0 Å². The fraction of sp³-hybridized carbons (Fsp3) is 0.474. The lowest BCUT2D eigenvalue weighted by molar-refractivity contribution is 0.0640. The predicted molar refractivity (Wildman–Crippen MR) is 87.9 cm³/mol. The number of ether oxygens (including phenoxy) is 1. The summed E-state index contributed by atoms with van der Waals surface area (Å²) < 4.78 is 5.43. The second-order valence-electron chi connectivity index (χ2n) is 6.28. The van der Waals surface area contributed by atoms with Gasteiger partial charge in [0.05, 0.1) is 0 Å². The smallest absolute Gasteiger partial charge is 0.0468 e. The van der Waals surface area contributed by atoms with Crippen LogP contribution in [0.2, 0.25) is 0 Å². The summed E-state index contributed by atoms with van der Waals surface area (Å²) in [5.74, 6) is 0.818. The van der Waals surface area contributed by atoms with E-state index in [9.17, 15) is 0 Å². The number of aromatic nitrogens is 2. The van der Waals surface area contributed by atoms with Crippen molar-refractivity contribution in [1.29, 1.82) is 0 Å². The van der Waals surface area contributed by atoms with Gasteiger partial charge in [0.15, 0.2) is 0 Å². The van der Waals surface area contributed by atoms with E-state index in [-0.39, 0.29) is 0 Å². The van der Waals surface area contributed by atoms with Crippen molar-refractivity contribution in [2.45, 2.75) is 39.0 Å². The van der Waals surface area contributed by atoms with E-state index in [0.29, 0.717) is 0 Å². The van der Waals surface area contributed by atoms with Crippen molar-refractivity contribution in [1.82, 2.24) is 9.97 Å². The van der Waals surface area contributed by atoms with E-state index >= 15 is 0 Å². The Morgan fingerprint density at radius 3 is 2.64 bits per heavy atom. The molecular weight excluding hydrogens is 272 g/mol. The van der Waals surface area contributed by atoms with E-state index in [4.69, 9.17) is 4.74 Å². The summed E-state index contributed by atoms with van der Waals surface area (Å²) in [4.78, 5) is 8.78. The van der Waals surface area contributed by atoms with Gasteiger partial charge in [-0.1, -0.05) is 12.1 Å². The van der Waals surface area contributed by atoms with Crippen molar-refractivity contribution in [3.8, 4) is 0 Å². The maximum Gasteiger partial charge on any atom is 0.0468 e. The van der Waals surface area contributed by atoms with E-state index in [1.807, 2.05) is 25.5 Å². The fourth-order valence-corrected chi connectivity index (χ4v) is 3.02. The maximum atomic E-state index is 5.43. The molecule has 3 heteroatoms. The van der Waals surface area contributed by atoms with Crippen molar-refractivity contribution in [2.75, 3.05) is 13.2 Å². The lowest BCUT2D eigenvalue weighted by atomic mass is 9.93. The number of aryl methyl sites for hydroxylation is 2. The molecule has 22 heavy (non-hydrogen) atoms. The fourth-order valence-electron chi connectivity index (χ4n) is 3.02. The summed E-state index contributed by atoms with van der Waals surface area (Å²) in [5.41, 5.74) is 4.93. The molecule has 0 bridgehead atoms. The molecule has 3 rings (SSSR count). The molecule has 0 N–H and O–H groups in total. The number of nitrogens with zero attached hydrogens (tertiary/aromatic N) is 2. The van der Waals surface area contributed by atoms with Crippen LogP contribution >= 0.6 is 0 Å². The van der Waals surface area contributed by atoms with Crippen LogP contribution in [-0.2, 0) is 17.6 Å². The van der Waals surface area contributed by atoms with Crippen LogP contribution < -0.4 is 0 Å². The lowest BCUT2D eigenvalue weighted by Gasteiger charge is -2.21. The third-order valence-electron chi connectivity index (χ3n) is 4.41. The van der Waals surface area contributed by atoms with Gasteiger partial charge in [0, 0.05) is 43.9 Å². The first kappa shape index (κ1) is 15.2. The minimum atomic E-state index is 0.818. The predicted octanol–water partition coefficient (Wildman–Crippen LogP) is 3.74. The first-order valence-electron chi connectivity index (χ1n) is 8.22. The molecule has 1 saturated heterocycles. The van der Waals surface area contributed by atoms with Gasteiger partial charge in [-0.15, -0.1) is 0 Å². The zero-order chi connectivity index (χ0) is 15.2. The Kier molecular flexibility index (Phi) is 5.17. The van der Waals surface area contributed by atoms with Gasteiger partial charge in [-0.2, -0.15) is 0 Å². The molecule has 1 aliphatic heterocycles. The SMILES string of the molecule is Cc1ccc(Cc2cncc(CCC3CCOCC3)c2)cn1. The van der Waals surface area contributed by atoms with E-state index in [1.165, 1.54) is 36.0 Å². The number of pyridine rings is 2. The molecule has 1 aliphatic rings. The second kappa shape index (κ2) is 7.50. The Morgan fingerprint density at radius 1 is 1.05 bits per heavy atom. The summed E-state index contributed by atoms with van der Waals surface area (Å²) >= 11 is 0. The molecule has 0 radical (unpaired) electrons. The first-order valence-corrected chi connectivity index (χ1v) is 8.22. The van der Waals surface area contributed by atoms with Gasteiger partial charge < -0.3 is 4.74 Å². The number of rotatable bonds is 5. The van der Waals surface area contributed by atoms with Crippen LogP contribution in [0.4, 0.5) is 0 Å². The Balaban J connectivity index is 1.58. The highest BCUT2D eigenvalue weighted by Gasteiger charge is 2.13. The zero-order valence-electron chi connectivity index (χ0n) is 13.3. The van der Waals surface area contributed by atoms with Gasteiger partial charge in [0.1, 0.15) is 0 Å². The Morgan fingerprint density at radius 2 is 1.86 bits per heavy atom. The summed E-state index contributed by atoms with van der Waals surface area (Å²) in [6.45, 7) is 3.88. The summed E-state index contributed by atoms with van der Waals surface area (Å²) in [6, 6.07) is 6.51. The van der Waals surface area contributed by atoms with E-state index in [1.54, 1.807) is 0 Å². The van der Waals surface area contributed by atoms with Crippen molar-refractivity contribution >= 4 is 0 Å². The van der Waals surface area contributed by atoms with Gasteiger partial charge in [-0.05, 0) is 61.3 Å². The molecule has 2 aromatic rings. The van der Waals surface area contributed by atoms with Gasteiger partial charge in [0.2, 0.25) is 0 Å². The van der Waals surface area contributed by atoms with E-state index < -0.39 is 0 Å². The normalized spacial score (nSPS) is 15.9. The summed E-state index contributed by atoms with van der Waals surface area (Å²) in [7, 11) is 0. The molecule has 116 valence electrons. The van der Waals surface area contributed by atoms with Crippen LogP contribution in [0.15, 0.2) is 36.8 Å². The Bertz CT molecular complexity index is 589. The number of hydrogen-bond acceptors (Lipinski definition) is 3. The highest BCUT2D eigenvalue weighted by atomic mass is 16.5. The molecule has 0 atom stereocenters. The molecule has 0 saturated carbocycles. The molecule has 0 spiro atoms. The molecule has 0 aromatic carbocycles. The van der Waals surface area contributed by atoms with Gasteiger partial charge in [0.25, 0.3) is 0 Å². The van der Waals surface area contributed by atoms with Crippen molar-refractivity contribution in [2.24, 2.45) is 5.92 Å². The molecule has 0 amide bonds. The highest BCUT2D eigenvalue weighted by molar-refractivity contribution is 5.25. The molecule has 3 heterocycles. The zero-order valence-corrected chi connectivity index (χ0v) is 13.3. The van der Waals surface area contributed by atoms with Crippen LogP contribution in [0.1, 0.15) is 41.6 Å². The molecule has 0 unspecified atom stereocenters. The molecule has 3 nitrogen and oxygen atoms in total. The highest BCUT2D eigenvalue weighted by Crippen LogP contribution is 2.21. The van der Waals surface area contributed by atoms with Crippen LogP contribution in [0.25, 0.3) is 0 Å². The molecule has 2 aromatic heterocycles. The third-order valence-corrected chi connectivity index (χ3v) is 4.41. The Labute approximate surface area is 132 Å². The van der Waals surface area contributed by atoms with Crippen molar-refractivity contribution in [3.05, 3.63) is 59.2 Å². The quantitative estimate of drug-likeness (QED) is 0.843. The minimum Gasteiger partial charge on any atom is -0.381 e. The molecular formula is C19H24N2O. The second-order valence-corrected chi connectivity index (χ2v) is 6.28. The summed E-state index contributed by atoms with van der Waals surface area (Å²) in [6.07, 6.45) is 11.6. The topological polar surface area (TPSA) is 35.0 Å². The maximum absolute atomic E-state index is 5.43. The average Bonchev–Trinajstić information content (AvgIpc) is 2.57. The van der Waals surface area contributed by atoms with Crippen LogP contribution in [0.5, 0.6) is 0 Å². The van der Waals surface area contributed by atoms with Crippen LogP contribution in [0, 0.1) is 12.8 Å². The lowest BCUT2D eigenvalue weighted by Crippen LogP contribution is -2.16. The Hall–Kier alpha value is -1.74. The third kappa shape index (κ3) is 4.38. The minimum absolute atomic E-state index is 0.818. The van der Waals surface area contributed by atoms with Gasteiger partial charge in [-0.3, -0.25) is 9.97 Å². The molecule has 1 fully saturated rings. The van der Waals surface area contributed by atoms with Crippen LogP contribution in [-0.4, -0.2) is 23.2 Å². The standard InChI is InChI=1S/C19H24N2O/c1-15-2-3-18(14-21-15)11-19-10-17(12-20-13-19)5-4-16-6-8-22-9-7-16/h2-3,10,12-14,16H,4-9,11H2,1H3. The van der Waals surface area contributed by atoms with Crippen LogP contribution in [0.3, 0.4) is 0 Å². The average molecular weight is 296 g/mol. The molecule has 0 aliphatic carbocycles. The monoisotopic (exact) mass is 296 g/mol. The van der Waals surface area contributed by atoms with Gasteiger partial charge >= 0.3 is 0 Å². The number of hydrogen-bond donors (Lipinski definition) is 0.